The maximum absolute atomic E-state index is 12.8. The van der Waals surface area contributed by atoms with Crippen molar-refractivity contribution in [2.75, 3.05) is 13.1 Å². The zero-order valence-corrected chi connectivity index (χ0v) is 15.3. The van der Waals surface area contributed by atoms with Gasteiger partial charge in [-0.1, -0.05) is 30.3 Å². The molecule has 2 aliphatic heterocycles. The number of aromatic nitrogens is 2. The molecule has 3 fully saturated rings. The maximum atomic E-state index is 12.8. The Balaban J connectivity index is 1.24. The molecule has 2 N–H and O–H groups in total. The number of nitrogens with zero attached hydrogens (tertiary/aromatic N) is 2. The first kappa shape index (κ1) is 16.5. The van der Waals surface area contributed by atoms with E-state index < -0.39 is 0 Å². The zero-order chi connectivity index (χ0) is 18.4. The van der Waals surface area contributed by atoms with E-state index in [0.717, 1.165) is 30.5 Å². The van der Waals surface area contributed by atoms with E-state index >= 15 is 0 Å². The topological polar surface area (TPSA) is 78.1 Å². The van der Waals surface area contributed by atoms with E-state index in [1.165, 1.54) is 12.8 Å². The number of hydrogen-bond acceptors (Lipinski definition) is 3. The second-order valence-corrected chi connectivity index (χ2v) is 8.21. The average molecular weight is 364 g/mol. The third kappa shape index (κ3) is 3.03. The van der Waals surface area contributed by atoms with Crippen LogP contribution in [-0.4, -0.2) is 45.5 Å². The van der Waals surface area contributed by atoms with Crippen LogP contribution in [0.5, 0.6) is 0 Å². The van der Waals surface area contributed by atoms with Crippen molar-refractivity contribution in [3.05, 3.63) is 53.3 Å². The fourth-order valence-electron chi connectivity index (χ4n) is 4.52. The molecule has 1 aromatic carbocycles. The van der Waals surface area contributed by atoms with Crippen LogP contribution >= 0.6 is 0 Å². The highest BCUT2D eigenvalue weighted by Crippen LogP contribution is 2.40. The van der Waals surface area contributed by atoms with Crippen LogP contribution in [0.1, 0.15) is 65.7 Å². The predicted molar refractivity (Wildman–Crippen MR) is 100 cm³/mol. The van der Waals surface area contributed by atoms with Gasteiger partial charge in [0.2, 0.25) is 5.91 Å². The standard InChI is InChI=1S/C21H24N4O2/c26-19-16(14-4-2-1-3-5-14)13-21(22-19)8-10-25(11-9-21)20(27)18-12-17(23-24-18)15-6-7-15/h1-5,12,15-16H,6-11,13H2,(H,22,26)(H,23,24). The molecular weight excluding hydrogens is 340 g/mol. The fourth-order valence-corrected chi connectivity index (χ4v) is 4.52. The van der Waals surface area contributed by atoms with Crippen LogP contribution in [0.15, 0.2) is 36.4 Å². The lowest BCUT2D eigenvalue weighted by atomic mass is 9.82. The molecule has 5 rings (SSSR count). The molecule has 1 spiro atoms. The molecule has 3 aliphatic rings. The fraction of sp³-hybridized carbons (Fsp3) is 0.476. The number of likely N-dealkylation sites (tertiary alicyclic amines) is 1. The number of rotatable bonds is 3. The third-order valence-corrected chi connectivity index (χ3v) is 6.34. The number of hydrogen-bond donors (Lipinski definition) is 2. The van der Waals surface area contributed by atoms with Gasteiger partial charge in [-0.05, 0) is 43.7 Å². The lowest BCUT2D eigenvalue weighted by Crippen LogP contribution is -2.52. The van der Waals surface area contributed by atoms with Crippen molar-refractivity contribution in [2.45, 2.75) is 49.5 Å². The summed E-state index contributed by atoms with van der Waals surface area (Å²) in [6, 6.07) is 11.9. The predicted octanol–water partition coefficient (Wildman–Crippen LogP) is 2.57. The zero-order valence-electron chi connectivity index (χ0n) is 15.3. The van der Waals surface area contributed by atoms with Gasteiger partial charge in [0.25, 0.3) is 5.91 Å². The molecule has 140 valence electrons. The van der Waals surface area contributed by atoms with Crippen molar-refractivity contribution >= 4 is 11.8 Å². The molecule has 0 bridgehead atoms. The molecule has 0 radical (unpaired) electrons. The largest absolute Gasteiger partial charge is 0.350 e. The summed E-state index contributed by atoms with van der Waals surface area (Å²) in [4.78, 5) is 27.2. The Bertz CT molecular complexity index is 863. The summed E-state index contributed by atoms with van der Waals surface area (Å²) in [6.45, 7) is 1.32. The van der Waals surface area contributed by atoms with Gasteiger partial charge in [0.05, 0.1) is 5.92 Å². The Kier molecular flexibility index (Phi) is 3.81. The first-order valence-corrected chi connectivity index (χ1v) is 9.85. The molecule has 3 heterocycles. The van der Waals surface area contributed by atoms with Crippen molar-refractivity contribution in [1.82, 2.24) is 20.4 Å². The number of benzene rings is 1. The molecule has 1 saturated carbocycles. The third-order valence-electron chi connectivity index (χ3n) is 6.34. The normalized spacial score (nSPS) is 24.2. The molecule has 6 heteroatoms. The molecule has 1 atom stereocenters. The molecule has 2 aromatic rings. The number of piperidine rings is 1. The molecule has 1 aromatic heterocycles. The van der Waals surface area contributed by atoms with Crippen molar-refractivity contribution < 1.29 is 9.59 Å². The summed E-state index contributed by atoms with van der Waals surface area (Å²) in [7, 11) is 0. The molecule has 2 amide bonds. The van der Waals surface area contributed by atoms with Crippen molar-refractivity contribution in [1.29, 1.82) is 0 Å². The SMILES string of the molecule is O=C1NC2(CCN(C(=O)c3cc(C4CC4)[nH]n3)CC2)CC1c1ccccc1. The Morgan fingerprint density at radius 2 is 1.89 bits per heavy atom. The van der Waals surface area contributed by atoms with Crippen molar-refractivity contribution in [3.63, 3.8) is 0 Å². The summed E-state index contributed by atoms with van der Waals surface area (Å²) >= 11 is 0. The summed E-state index contributed by atoms with van der Waals surface area (Å²) in [5.74, 6) is 0.590. The second kappa shape index (κ2) is 6.22. The van der Waals surface area contributed by atoms with Gasteiger partial charge in [0.1, 0.15) is 5.69 Å². The van der Waals surface area contributed by atoms with Gasteiger partial charge < -0.3 is 10.2 Å². The van der Waals surface area contributed by atoms with Gasteiger partial charge >= 0.3 is 0 Å². The lowest BCUT2D eigenvalue weighted by Gasteiger charge is -2.39. The molecule has 1 aliphatic carbocycles. The van der Waals surface area contributed by atoms with Gasteiger partial charge in [0, 0.05) is 30.2 Å². The number of H-pyrrole nitrogens is 1. The van der Waals surface area contributed by atoms with Crippen LogP contribution in [0, 0.1) is 0 Å². The number of amides is 2. The Labute approximate surface area is 158 Å². The minimum absolute atomic E-state index is 0.00284. The number of aromatic amines is 1. The van der Waals surface area contributed by atoms with Gasteiger partial charge in [-0.3, -0.25) is 14.7 Å². The maximum Gasteiger partial charge on any atom is 0.274 e. The van der Waals surface area contributed by atoms with E-state index in [0.29, 0.717) is 24.7 Å². The van der Waals surface area contributed by atoms with E-state index in [4.69, 9.17) is 0 Å². The highest BCUT2D eigenvalue weighted by Gasteiger charge is 2.46. The van der Waals surface area contributed by atoms with Crippen LogP contribution in [0.2, 0.25) is 0 Å². The second-order valence-electron chi connectivity index (χ2n) is 8.21. The van der Waals surface area contributed by atoms with E-state index in [1.807, 2.05) is 41.3 Å². The quantitative estimate of drug-likeness (QED) is 0.879. The first-order valence-electron chi connectivity index (χ1n) is 9.85. The van der Waals surface area contributed by atoms with Crippen LogP contribution in [-0.2, 0) is 4.79 Å². The smallest absolute Gasteiger partial charge is 0.274 e. The number of nitrogens with one attached hydrogen (secondary N) is 2. The van der Waals surface area contributed by atoms with E-state index in [-0.39, 0.29) is 23.3 Å². The average Bonchev–Trinajstić information content (AvgIpc) is 3.34. The minimum atomic E-state index is -0.181. The lowest BCUT2D eigenvalue weighted by molar-refractivity contribution is -0.121. The van der Waals surface area contributed by atoms with Gasteiger partial charge in [-0.25, -0.2) is 0 Å². The van der Waals surface area contributed by atoms with Crippen LogP contribution in [0.4, 0.5) is 0 Å². The van der Waals surface area contributed by atoms with Gasteiger partial charge in [0.15, 0.2) is 0 Å². The Morgan fingerprint density at radius 3 is 2.59 bits per heavy atom. The summed E-state index contributed by atoms with van der Waals surface area (Å²) in [6.07, 6.45) is 4.78. The summed E-state index contributed by atoms with van der Waals surface area (Å²) in [5.41, 5.74) is 2.50. The monoisotopic (exact) mass is 364 g/mol. The highest BCUT2D eigenvalue weighted by atomic mass is 16.2. The van der Waals surface area contributed by atoms with Gasteiger partial charge in [-0.2, -0.15) is 5.10 Å². The summed E-state index contributed by atoms with van der Waals surface area (Å²) < 4.78 is 0. The van der Waals surface area contributed by atoms with Crippen LogP contribution in [0.25, 0.3) is 0 Å². The first-order chi connectivity index (χ1) is 13.1. The number of carbonyl (C=O) groups excluding carboxylic acids is 2. The minimum Gasteiger partial charge on any atom is -0.350 e. The molecule has 6 nitrogen and oxygen atoms in total. The Hall–Kier alpha value is -2.63. The van der Waals surface area contributed by atoms with E-state index in [1.54, 1.807) is 0 Å². The highest BCUT2D eigenvalue weighted by molar-refractivity contribution is 5.92. The van der Waals surface area contributed by atoms with Crippen LogP contribution in [0.3, 0.4) is 0 Å². The van der Waals surface area contributed by atoms with E-state index in [9.17, 15) is 9.59 Å². The molecule has 1 unspecified atom stereocenters. The summed E-state index contributed by atoms with van der Waals surface area (Å²) in [5, 5.41) is 10.5. The van der Waals surface area contributed by atoms with Crippen molar-refractivity contribution in [2.24, 2.45) is 0 Å². The molecular formula is C21H24N4O2. The van der Waals surface area contributed by atoms with Crippen LogP contribution < -0.4 is 5.32 Å². The molecule has 2 saturated heterocycles. The molecule has 27 heavy (non-hydrogen) atoms. The Morgan fingerprint density at radius 1 is 1.15 bits per heavy atom. The number of carbonyl (C=O) groups is 2. The van der Waals surface area contributed by atoms with Gasteiger partial charge in [-0.15, -0.1) is 0 Å². The van der Waals surface area contributed by atoms with Crippen molar-refractivity contribution in [3.8, 4) is 0 Å². The van der Waals surface area contributed by atoms with E-state index in [2.05, 4.69) is 15.5 Å².